The second-order valence-electron chi connectivity index (χ2n) is 4.65. The van der Waals surface area contributed by atoms with Gasteiger partial charge in [-0.25, -0.2) is 4.79 Å². The molecule has 1 amide bonds. The number of amides is 1. The van der Waals surface area contributed by atoms with Crippen LogP contribution in [0.15, 0.2) is 0 Å². The molecule has 126 valence electrons. The lowest BCUT2D eigenvalue weighted by molar-refractivity contribution is -0.176. The molecule has 0 aromatic rings. The highest BCUT2D eigenvalue weighted by Crippen LogP contribution is 2.15. The van der Waals surface area contributed by atoms with Gasteiger partial charge in [0.1, 0.15) is 6.04 Å². The number of hydrogen-bond donors (Lipinski definition) is 2. The number of carbonyl (C=O) groups is 2. The summed E-state index contributed by atoms with van der Waals surface area (Å²) in [5, 5.41) is 9.87. The molecule has 21 heavy (non-hydrogen) atoms. The highest BCUT2D eigenvalue weighted by Gasteiger charge is 2.41. The van der Waals surface area contributed by atoms with Crippen molar-refractivity contribution < 1.29 is 27.9 Å². The summed E-state index contributed by atoms with van der Waals surface area (Å²) < 4.78 is 35.2. The van der Waals surface area contributed by atoms with Crippen LogP contribution in [0.25, 0.3) is 0 Å². The van der Waals surface area contributed by atoms with Crippen LogP contribution in [0.3, 0.4) is 0 Å². The SMILES string of the molecule is CC(C)C(NC(=O)C(F)(F)F)C(=O)O.CCN(CC)CC. The zero-order valence-electron chi connectivity index (χ0n) is 13.1. The van der Waals surface area contributed by atoms with E-state index in [0.717, 1.165) is 0 Å². The molecule has 0 aliphatic rings. The first-order chi connectivity index (χ1) is 9.50. The monoisotopic (exact) mass is 314 g/mol. The second-order valence-corrected chi connectivity index (χ2v) is 4.65. The third-order valence-corrected chi connectivity index (χ3v) is 2.82. The predicted molar refractivity (Wildman–Crippen MR) is 73.9 cm³/mol. The van der Waals surface area contributed by atoms with Crippen LogP contribution in [-0.4, -0.2) is 53.7 Å². The molecule has 0 aliphatic carbocycles. The number of carboxylic acids is 1. The van der Waals surface area contributed by atoms with Gasteiger partial charge in [-0.05, 0) is 25.6 Å². The van der Waals surface area contributed by atoms with Crippen molar-refractivity contribution in [3.8, 4) is 0 Å². The topological polar surface area (TPSA) is 69.6 Å². The zero-order valence-corrected chi connectivity index (χ0v) is 13.1. The number of rotatable bonds is 6. The molecule has 8 heteroatoms. The number of aliphatic carboxylic acids is 1. The highest BCUT2D eigenvalue weighted by molar-refractivity contribution is 5.87. The summed E-state index contributed by atoms with van der Waals surface area (Å²) in [4.78, 5) is 23.2. The third kappa shape index (κ3) is 10.1. The molecule has 2 N–H and O–H groups in total. The van der Waals surface area contributed by atoms with Crippen LogP contribution in [0.4, 0.5) is 13.2 Å². The van der Waals surface area contributed by atoms with Crippen LogP contribution >= 0.6 is 0 Å². The van der Waals surface area contributed by atoms with Crippen molar-refractivity contribution in [1.82, 2.24) is 10.2 Å². The Hall–Kier alpha value is -1.31. The van der Waals surface area contributed by atoms with E-state index in [9.17, 15) is 22.8 Å². The minimum atomic E-state index is -5.05. The summed E-state index contributed by atoms with van der Waals surface area (Å²) in [5.74, 6) is -4.34. The van der Waals surface area contributed by atoms with Crippen LogP contribution in [0.1, 0.15) is 34.6 Å². The molecule has 1 unspecified atom stereocenters. The Labute approximate surface area is 123 Å². The van der Waals surface area contributed by atoms with E-state index < -0.39 is 30.0 Å². The Kier molecular flexibility index (Phi) is 10.9. The van der Waals surface area contributed by atoms with Gasteiger partial charge >= 0.3 is 18.1 Å². The average Bonchev–Trinajstić information content (AvgIpc) is 2.36. The van der Waals surface area contributed by atoms with Crippen molar-refractivity contribution in [3.63, 3.8) is 0 Å². The fraction of sp³-hybridized carbons (Fsp3) is 0.846. The first-order valence-corrected chi connectivity index (χ1v) is 6.83. The fourth-order valence-electron chi connectivity index (χ4n) is 1.41. The number of halogens is 3. The zero-order chi connectivity index (χ0) is 17.2. The Balaban J connectivity index is 0. The summed E-state index contributed by atoms with van der Waals surface area (Å²) in [6.07, 6.45) is -5.05. The predicted octanol–water partition coefficient (Wildman–Crippen LogP) is 2.12. The van der Waals surface area contributed by atoms with E-state index in [1.807, 2.05) is 0 Å². The van der Waals surface area contributed by atoms with Crippen LogP contribution in [-0.2, 0) is 9.59 Å². The van der Waals surface area contributed by atoms with Crippen molar-refractivity contribution in [3.05, 3.63) is 0 Å². The molecule has 0 radical (unpaired) electrons. The van der Waals surface area contributed by atoms with Gasteiger partial charge in [0.05, 0.1) is 0 Å². The van der Waals surface area contributed by atoms with Crippen LogP contribution in [0.5, 0.6) is 0 Å². The largest absolute Gasteiger partial charge is 0.480 e. The van der Waals surface area contributed by atoms with E-state index in [-0.39, 0.29) is 0 Å². The van der Waals surface area contributed by atoms with Gasteiger partial charge in [0.15, 0.2) is 0 Å². The fourth-order valence-corrected chi connectivity index (χ4v) is 1.41. The van der Waals surface area contributed by atoms with Crippen LogP contribution < -0.4 is 5.32 Å². The maximum atomic E-state index is 11.7. The third-order valence-electron chi connectivity index (χ3n) is 2.82. The van der Waals surface area contributed by atoms with Gasteiger partial charge in [0, 0.05) is 0 Å². The summed E-state index contributed by atoms with van der Waals surface area (Å²) in [7, 11) is 0. The minimum absolute atomic E-state index is 0.612. The minimum Gasteiger partial charge on any atom is -0.480 e. The average molecular weight is 314 g/mol. The van der Waals surface area contributed by atoms with Gasteiger partial charge in [0.25, 0.3) is 0 Å². The molecular weight excluding hydrogens is 289 g/mol. The molecule has 0 aromatic heterocycles. The molecule has 0 saturated carbocycles. The number of hydrogen-bond acceptors (Lipinski definition) is 3. The number of nitrogens with zero attached hydrogens (tertiary/aromatic N) is 1. The molecule has 0 aliphatic heterocycles. The Morgan fingerprint density at radius 2 is 1.48 bits per heavy atom. The molecule has 0 heterocycles. The lowest BCUT2D eigenvalue weighted by Crippen LogP contribution is -2.49. The van der Waals surface area contributed by atoms with Gasteiger partial charge in [-0.1, -0.05) is 34.6 Å². The number of carbonyl (C=O) groups excluding carboxylic acids is 1. The molecule has 0 rings (SSSR count). The Bertz CT molecular complexity index is 311. The lowest BCUT2D eigenvalue weighted by Gasteiger charge is -2.18. The van der Waals surface area contributed by atoms with Gasteiger partial charge in [-0.2, -0.15) is 13.2 Å². The van der Waals surface area contributed by atoms with Gasteiger partial charge < -0.3 is 15.3 Å². The highest BCUT2D eigenvalue weighted by atomic mass is 19.4. The van der Waals surface area contributed by atoms with Crippen LogP contribution in [0, 0.1) is 5.92 Å². The first-order valence-electron chi connectivity index (χ1n) is 6.83. The standard InChI is InChI=1S/C7H10F3NO3.C6H15N/c1-3(2)4(5(12)13)11-6(14)7(8,9)10;1-4-7(5-2)6-3/h3-4H,1-2H3,(H,11,14)(H,12,13);4-6H2,1-3H3. The van der Waals surface area contributed by atoms with E-state index in [1.165, 1.54) is 38.8 Å². The maximum Gasteiger partial charge on any atom is 0.471 e. The van der Waals surface area contributed by atoms with Crippen molar-refractivity contribution in [2.24, 2.45) is 5.92 Å². The van der Waals surface area contributed by atoms with Gasteiger partial charge in [-0.15, -0.1) is 0 Å². The van der Waals surface area contributed by atoms with E-state index in [0.29, 0.717) is 0 Å². The van der Waals surface area contributed by atoms with Crippen molar-refractivity contribution in [2.75, 3.05) is 19.6 Å². The molecule has 0 fully saturated rings. The van der Waals surface area contributed by atoms with Gasteiger partial charge in [-0.3, -0.25) is 4.79 Å². The lowest BCUT2D eigenvalue weighted by atomic mass is 10.1. The summed E-state index contributed by atoms with van der Waals surface area (Å²) in [6.45, 7) is 12.9. The molecule has 0 spiro atoms. The van der Waals surface area contributed by atoms with E-state index in [4.69, 9.17) is 5.11 Å². The normalized spacial score (nSPS) is 12.7. The van der Waals surface area contributed by atoms with E-state index in [1.54, 1.807) is 0 Å². The quantitative estimate of drug-likeness (QED) is 0.788. The summed E-state index contributed by atoms with van der Waals surface area (Å²) >= 11 is 0. The number of alkyl halides is 3. The van der Waals surface area contributed by atoms with E-state index in [2.05, 4.69) is 25.7 Å². The number of nitrogens with one attached hydrogen (secondary N) is 1. The van der Waals surface area contributed by atoms with Crippen molar-refractivity contribution in [2.45, 2.75) is 46.8 Å². The molecular formula is C13H25F3N2O3. The second kappa shape index (κ2) is 10.4. The van der Waals surface area contributed by atoms with Gasteiger partial charge in [0.2, 0.25) is 0 Å². The van der Waals surface area contributed by atoms with E-state index >= 15 is 0 Å². The summed E-state index contributed by atoms with van der Waals surface area (Å²) in [6, 6.07) is -1.52. The Morgan fingerprint density at radius 1 is 1.10 bits per heavy atom. The molecule has 5 nitrogen and oxygen atoms in total. The molecule has 0 saturated heterocycles. The molecule has 0 bridgehead atoms. The molecule has 1 atom stereocenters. The summed E-state index contributed by atoms with van der Waals surface area (Å²) in [5.41, 5.74) is 0. The molecule has 0 aromatic carbocycles. The van der Waals surface area contributed by atoms with Crippen LogP contribution in [0.2, 0.25) is 0 Å². The Morgan fingerprint density at radius 3 is 1.62 bits per heavy atom. The number of carboxylic acid groups (broad SMARTS) is 1. The van der Waals surface area contributed by atoms with Crippen molar-refractivity contribution >= 4 is 11.9 Å². The smallest absolute Gasteiger partial charge is 0.471 e. The first kappa shape index (κ1) is 22.0. The maximum absolute atomic E-state index is 11.7. The van der Waals surface area contributed by atoms with Crippen molar-refractivity contribution in [1.29, 1.82) is 0 Å².